The number of hydrogen-bond acceptors (Lipinski definition) is 1. The molecule has 19 heavy (non-hydrogen) atoms. The van der Waals surface area contributed by atoms with Crippen molar-refractivity contribution in [1.29, 1.82) is 0 Å². The maximum absolute atomic E-state index is 6.03. The van der Waals surface area contributed by atoms with Crippen LogP contribution in [0.5, 0.6) is 5.75 Å². The van der Waals surface area contributed by atoms with Gasteiger partial charge in [-0.15, -0.1) is 0 Å². The van der Waals surface area contributed by atoms with Crippen LogP contribution in [0.2, 0.25) is 0 Å². The van der Waals surface area contributed by atoms with Gasteiger partial charge in [0.1, 0.15) is 11.5 Å². The van der Waals surface area contributed by atoms with Gasteiger partial charge in [0.05, 0.1) is 0 Å². The van der Waals surface area contributed by atoms with Gasteiger partial charge < -0.3 is 4.74 Å². The molecule has 1 aliphatic heterocycles. The smallest absolute Gasteiger partial charge is 0.134 e. The van der Waals surface area contributed by atoms with Crippen LogP contribution in [0.25, 0.3) is 16.7 Å². The summed E-state index contributed by atoms with van der Waals surface area (Å²) in [6.07, 6.45) is 4.16. The summed E-state index contributed by atoms with van der Waals surface area (Å²) in [5, 5.41) is 0. The summed E-state index contributed by atoms with van der Waals surface area (Å²) in [5.74, 6) is 1.86. The second kappa shape index (κ2) is 4.77. The zero-order valence-electron chi connectivity index (χ0n) is 11.2. The maximum Gasteiger partial charge on any atom is 0.134 e. The molecular formula is C18H16O. The molecule has 0 aliphatic carbocycles. The molecule has 0 N–H and O–H groups in total. The van der Waals surface area contributed by atoms with Crippen molar-refractivity contribution in [3.63, 3.8) is 0 Å². The molecule has 0 fully saturated rings. The van der Waals surface area contributed by atoms with E-state index >= 15 is 0 Å². The minimum absolute atomic E-state index is 0.923. The van der Waals surface area contributed by atoms with Gasteiger partial charge in [0, 0.05) is 11.1 Å². The van der Waals surface area contributed by atoms with Gasteiger partial charge in [0.15, 0.2) is 0 Å². The second-order valence-corrected chi connectivity index (χ2v) is 4.61. The van der Waals surface area contributed by atoms with Crippen LogP contribution in [0.4, 0.5) is 0 Å². The van der Waals surface area contributed by atoms with Crippen molar-refractivity contribution in [3.05, 3.63) is 72.0 Å². The van der Waals surface area contributed by atoms with Crippen molar-refractivity contribution in [3.8, 4) is 16.9 Å². The zero-order valence-corrected chi connectivity index (χ0v) is 11.2. The lowest BCUT2D eigenvalue weighted by Gasteiger charge is -2.08. The number of para-hydroxylation sites is 1. The van der Waals surface area contributed by atoms with Crippen molar-refractivity contribution in [2.75, 3.05) is 0 Å². The second-order valence-electron chi connectivity index (χ2n) is 4.61. The average molecular weight is 248 g/mol. The molecule has 94 valence electrons. The third-order valence-corrected chi connectivity index (χ3v) is 3.37. The minimum Gasteiger partial charge on any atom is -0.461 e. The molecule has 1 aliphatic rings. The fourth-order valence-corrected chi connectivity index (χ4v) is 2.51. The lowest BCUT2D eigenvalue weighted by molar-refractivity contribution is 0.434. The highest BCUT2D eigenvalue weighted by Gasteiger charge is 2.18. The number of ether oxygens (including phenoxy) is 1. The van der Waals surface area contributed by atoms with E-state index in [0.29, 0.717) is 0 Å². The fraction of sp³-hybridized carbons (Fsp3) is 0.111. The first kappa shape index (κ1) is 11.8. The van der Waals surface area contributed by atoms with E-state index in [1.54, 1.807) is 0 Å². The fourth-order valence-electron chi connectivity index (χ4n) is 2.51. The average Bonchev–Trinajstić information content (AvgIpc) is 2.56. The first-order chi connectivity index (χ1) is 9.31. The number of allylic oxidation sites excluding steroid dienone is 4. The Morgan fingerprint density at radius 1 is 0.842 bits per heavy atom. The topological polar surface area (TPSA) is 9.23 Å². The predicted octanol–water partition coefficient (Wildman–Crippen LogP) is 5.05. The maximum atomic E-state index is 6.03. The van der Waals surface area contributed by atoms with Crippen molar-refractivity contribution >= 4 is 5.57 Å². The molecule has 3 rings (SSSR count). The molecule has 0 amide bonds. The summed E-state index contributed by atoms with van der Waals surface area (Å²) in [7, 11) is 0. The summed E-state index contributed by atoms with van der Waals surface area (Å²) in [6, 6.07) is 16.6. The molecule has 0 spiro atoms. The Labute approximate surface area is 113 Å². The van der Waals surface area contributed by atoms with Gasteiger partial charge >= 0.3 is 0 Å². The van der Waals surface area contributed by atoms with Crippen LogP contribution >= 0.6 is 0 Å². The van der Waals surface area contributed by atoms with Crippen LogP contribution in [-0.2, 0) is 0 Å². The molecule has 0 unspecified atom stereocenters. The van der Waals surface area contributed by atoms with Crippen LogP contribution in [0.15, 0.2) is 66.4 Å². The molecule has 1 heteroatoms. The minimum atomic E-state index is 0.923. The van der Waals surface area contributed by atoms with Gasteiger partial charge in [0.2, 0.25) is 0 Å². The molecule has 0 radical (unpaired) electrons. The number of hydrogen-bond donors (Lipinski definition) is 0. The lowest BCUT2D eigenvalue weighted by Crippen LogP contribution is -1.92. The molecule has 0 atom stereocenters. The van der Waals surface area contributed by atoms with Gasteiger partial charge in [-0.1, -0.05) is 54.6 Å². The number of rotatable bonds is 1. The van der Waals surface area contributed by atoms with Crippen LogP contribution in [0, 0.1) is 0 Å². The van der Waals surface area contributed by atoms with Crippen molar-refractivity contribution in [1.82, 2.24) is 0 Å². The first-order valence-corrected chi connectivity index (χ1v) is 6.51. The molecule has 0 aromatic heterocycles. The Bertz CT molecular complexity index is 678. The van der Waals surface area contributed by atoms with Gasteiger partial charge in [0.25, 0.3) is 0 Å². The van der Waals surface area contributed by atoms with E-state index in [0.717, 1.165) is 22.6 Å². The third-order valence-electron chi connectivity index (χ3n) is 3.37. The van der Waals surface area contributed by atoms with E-state index in [-0.39, 0.29) is 0 Å². The molecule has 0 saturated heterocycles. The van der Waals surface area contributed by atoms with Crippen molar-refractivity contribution in [2.24, 2.45) is 0 Å². The largest absolute Gasteiger partial charge is 0.461 e. The Hall–Kier alpha value is -2.28. The first-order valence-electron chi connectivity index (χ1n) is 6.51. The molecule has 2 aromatic carbocycles. The van der Waals surface area contributed by atoms with Crippen LogP contribution in [0.1, 0.15) is 19.4 Å². The summed E-state index contributed by atoms with van der Waals surface area (Å²) in [4.78, 5) is 0. The highest BCUT2D eigenvalue weighted by Crippen LogP contribution is 2.40. The van der Waals surface area contributed by atoms with E-state index < -0.39 is 0 Å². The predicted molar refractivity (Wildman–Crippen MR) is 79.9 cm³/mol. The van der Waals surface area contributed by atoms with E-state index in [2.05, 4.69) is 48.6 Å². The quantitative estimate of drug-likeness (QED) is 0.686. The Morgan fingerprint density at radius 3 is 2.21 bits per heavy atom. The van der Waals surface area contributed by atoms with E-state index in [4.69, 9.17) is 4.74 Å². The molecule has 1 heterocycles. The zero-order chi connectivity index (χ0) is 13.2. The summed E-state index contributed by atoms with van der Waals surface area (Å²) in [6.45, 7) is 4.05. The van der Waals surface area contributed by atoms with Crippen LogP contribution in [0.3, 0.4) is 0 Å². The van der Waals surface area contributed by atoms with E-state index in [1.165, 1.54) is 11.1 Å². The van der Waals surface area contributed by atoms with Crippen LogP contribution in [-0.4, -0.2) is 0 Å². The summed E-state index contributed by atoms with van der Waals surface area (Å²) < 4.78 is 6.03. The molecular weight excluding hydrogens is 232 g/mol. The van der Waals surface area contributed by atoms with Gasteiger partial charge in [-0.2, -0.15) is 0 Å². The summed E-state index contributed by atoms with van der Waals surface area (Å²) >= 11 is 0. The third kappa shape index (κ3) is 1.97. The van der Waals surface area contributed by atoms with Crippen LogP contribution < -0.4 is 4.74 Å². The standard InChI is InChI=1S/C18H16O/c1-3-8-14-13(2)19-18-12-7-6-11-17(18)16-10-5-4-9-15(14)16/h3-12H,1-2H3/b8-3-. The lowest BCUT2D eigenvalue weighted by atomic mass is 9.94. The number of benzene rings is 2. The number of fused-ring (bicyclic) bond motifs is 3. The highest BCUT2D eigenvalue weighted by atomic mass is 16.5. The molecule has 0 saturated carbocycles. The highest BCUT2D eigenvalue weighted by molar-refractivity contribution is 5.89. The normalized spacial score (nSPS) is 13.8. The van der Waals surface area contributed by atoms with Gasteiger partial charge in [-0.05, 0) is 31.0 Å². The van der Waals surface area contributed by atoms with Crippen molar-refractivity contribution in [2.45, 2.75) is 13.8 Å². The Kier molecular flexibility index (Phi) is 2.96. The molecule has 2 aromatic rings. The molecule has 0 bridgehead atoms. The van der Waals surface area contributed by atoms with Gasteiger partial charge in [-0.3, -0.25) is 0 Å². The monoisotopic (exact) mass is 248 g/mol. The van der Waals surface area contributed by atoms with Crippen molar-refractivity contribution < 1.29 is 4.74 Å². The SMILES string of the molecule is C/C=C\C1=C(C)Oc2ccccc2-c2ccccc21. The van der Waals surface area contributed by atoms with E-state index in [1.807, 2.05) is 26.0 Å². The Morgan fingerprint density at radius 2 is 1.47 bits per heavy atom. The molecule has 1 nitrogen and oxygen atoms in total. The van der Waals surface area contributed by atoms with Gasteiger partial charge in [-0.25, -0.2) is 0 Å². The summed E-state index contributed by atoms with van der Waals surface area (Å²) in [5.41, 5.74) is 4.75. The Balaban J connectivity index is 2.35. The van der Waals surface area contributed by atoms with E-state index in [9.17, 15) is 0 Å².